The fraction of sp³-hybridized carbons (Fsp3) is 0.125. The van der Waals surface area contributed by atoms with E-state index in [1.807, 2.05) is 18.2 Å². The third kappa shape index (κ3) is 0.991. The molecule has 0 radical (unpaired) electrons. The summed E-state index contributed by atoms with van der Waals surface area (Å²) in [5.41, 5.74) is 7.31. The first kappa shape index (κ1) is 6.37. The summed E-state index contributed by atoms with van der Waals surface area (Å²) in [4.78, 5) is 0. The van der Waals surface area contributed by atoms with Gasteiger partial charge in [-0.3, -0.25) is 0 Å². The van der Waals surface area contributed by atoms with E-state index in [1.54, 1.807) is 6.20 Å². The molecule has 0 unspecified atom stereocenters. The SMILES string of the molecule is NCc1ccc2cnoc2c1. The first-order valence-electron chi connectivity index (χ1n) is 3.43. The number of hydrogen-bond donors (Lipinski definition) is 1. The van der Waals surface area contributed by atoms with Crippen LogP contribution in [-0.2, 0) is 6.54 Å². The first-order valence-corrected chi connectivity index (χ1v) is 3.43. The van der Waals surface area contributed by atoms with Crippen LogP contribution in [0.25, 0.3) is 11.0 Å². The minimum atomic E-state index is 0.538. The van der Waals surface area contributed by atoms with Gasteiger partial charge in [-0.2, -0.15) is 0 Å². The van der Waals surface area contributed by atoms with E-state index in [0.717, 1.165) is 16.5 Å². The van der Waals surface area contributed by atoms with E-state index < -0.39 is 0 Å². The van der Waals surface area contributed by atoms with Crippen LogP contribution in [0.15, 0.2) is 28.9 Å². The monoisotopic (exact) mass is 148 g/mol. The standard InChI is InChI=1S/C8H8N2O/c9-4-6-1-2-7-5-10-11-8(7)3-6/h1-3,5H,4,9H2. The number of fused-ring (bicyclic) bond motifs is 1. The molecule has 1 aromatic heterocycles. The van der Waals surface area contributed by atoms with E-state index in [2.05, 4.69) is 5.16 Å². The quantitative estimate of drug-likeness (QED) is 0.662. The smallest absolute Gasteiger partial charge is 0.167 e. The largest absolute Gasteiger partial charge is 0.356 e. The minimum absolute atomic E-state index is 0.538. The van der Waals surface area contributed by atoms with E-state index >= 15 is 0 Å². The maximum absolute atomic E-state index is 5.45. The van der Waals surface area contributed by atoms with Crippen molar-refractivity contribution >= 4 is 11.0 Å². The highest BCUT2D eigenvalue weighted by Crippen LogP contribution is 2.14. The van der Waals surface area contributed by atoms with Gasteiger partial charge < -0.3 is 10.3 Å². The molecule has 1 heterocycles. The lowest BCUT2D eigenvalue weighted by Crippen LogP contribution is -1.94. The topological polar surface area (TPSA) is 52.0 Å². The van der Waals surface area contributed by atoms with Crippen molar-refractivity contribution < 1.29 is 4.52 Å². The Balaban J connectivity index is 2.67. The minimum Gasteiger partial charge on any atom is -0.356 e. The van der Waals surface area contributed by atoms with E-state index in [-0.39, 0.29) is 0 Å². The van der Waals surface area contributed by atoms with Gasteiger partial charge in [0.15, 0.2) is 5.58 Å². The molecule has 56 valence electrons. The molecule has 0 bridgehead atoms. The van der Waals surface area contributed by atoms with Crippen LogP contribution in [0.2, 0.25) is 0 Å². The van der Waals surface area contributed by atoms with Crippen molar-refractivity contribution in [2.75, 3.05) is 0 Å². The van der Waals surface area contributed by atoms with Crippen LogP contribution in [0.4, 0.5) is 0 Å². The Morgan fingerprint density at radius 1 is 1.45 bits per heavy atom. The summed E-state index contributed by atoms with van der Waals surface area (Å²) in [7, 11) is 0. The van der Waals surface area contributed by atoms with Crippen molar-refractivity contribution in [3.05, 3.63) is 30.0 Å². The Hall–Kier alpha value is -1.35. The molecule has 2 N–H and O–H groups in total. The van der Waals surface area contributed by atoms with Crippen molar-refractivity contribution in [2.24, 2.45) is 5.73 Å². The normalized spacial score (nSPS) is 10.6. The second-order valence-corrected chi connectivity index (χ2v) is 2.40. The summed E-state index contributed by atoms with van der Waals surface area (Å²) in [6.45, 7) is 0.538. The average Bonchev–Trinajstić information content (AvgIpc) is 2.50. The van der Waals surface area contributed by atoms with E-state index in [4.69, 9.17) is 10.3 Å². The van der Waals surface area contributed by atoms with E-state index in [9.17, 15) is 0 Å². The molecular weight excluding hydrogens is 140 g/mol. The fourth-order valence-corrected chi connectivity index (χ4v) is 1.03. The molecule has 0 fully saturated rings. The van der Waals surface area contributed by atoms with Gasteiger partial charge in [0.25, 0.3) is 0 Å². The average molecular weight is 148 g/mol. The Bertz CT molecular complexity index is 367. The van der Waals surface area contributed by atoms with Crippen LogP contribution in [0.5, 0.6) is 0 Å². The number of hydrogen-bond acceptors (Lipinski definition) is 3. The maximum Gasteiger partial charge on any atom is 0.167 e. The highest BCUT2D eigenvalue weighted by molar-refractivity contribution is 5.76. The van der Waals surface area contributed by atoms with Gasteiger partial charge >= 0.3 is 0 Å². The van der Waals surface area contributed by atoms with Crippen LogP contribution < -0.4 is 5.73 Å². The zero-order chi connectivity index (χ0) is 7.68. The van der Waals surface area contributed by atoms with Gasteiger partial charge in [-0.1, -0.05) is 11.2 Å². The molecule has 0 atom stereocenters. The van der Waals surface area contributed by atoms with E-state index in [0.29, 0.717) is 6.54 Å². The zero-order valence-corrected chi connectivity index (χ0v) is 5.95. The Morgan fingerprint density at radius 2 is 2.36 bits per heavy atom. The third-order valence-corrected chi connectivity index (χ3v) is 1.66. The Labute approximate surface area is 63.8 Å². The summed E-state index contributed by atoms with van der Waals surface area (Å²) >= 11 is 0. The van der Waals surface area contributed by atoms with Crippen LogP contribution in [0, 0.1) is 0 Å². The molecule has 0 aliphatic heterocycles. The second-order valence-electron chi connectivity index (χ2n) is 2.40. The molecule has 1 aromatic carbocycles. The summed E-state index contributed by atoms with van der Waals surface area (Å²) < 4.78 is 4.95. The predicted molar refractivity (Wildman–Crippen MR) is 41.9 cm³/mol. The molecule has 2 rings (SSSR count). The maximum atomic E-state index is 5.45. The van der Waals surface area contributed by atoms with Crippen LogP contribution in [0.1, 0.15) is 5.56 Å². The molecule has 3 heteroatoms. The lowest BCUT2D eigenvalue weighted by molar-refractivity contribution is 0.456. The lowest BCUT2D eigenvalue weighted by Gasteiger charge is -1.92. The summed E-state index contributed by atoms with van der Waals surface area (Å²) in [6.07, 6.45) is 1.69. The highest BCUT2D eigenvalue weighted by Gasteiger charge is 1.97. The van der Waals surface area contributed by atoms with Crippen molar-refractivity contribution in [2.45, 2.75) is 6.54 Å². The first-order chi connectivity index (χ1) is 5.40. The molecule has 0 spiro atoms. The van der Waals surface area contributed by atoms with Gasteiger partial charge in [-0.25, -0.2) is 0 Å². The van der Waals surface area contributed by atoms with Crippen molar-refractivity contribution in [3.63, 3.8) is 0 Å². The fourth-order valence-electron chi connectivity index (χ4n) is 1.03. The highest BCUT2D eigenvalue weighted by atomic mass is 16.5. The molecule has 0 aliphatic rings. The Morgan fingerprint density at radius 3 is 3.18 bits per heavy atom. The van der Waals surface area contributed by atoms with Gasteiger partial charge in [-0.15, -0.1) is 0 Å². The molecular formula is C8H8N2O. The van der Waals surface area contributed by atoms with Gasteiger partial charge in [-0.05, 0) is 17.7 Å². The summed E-state index contributed by atoms with van der Waals surface area (Å²) in [5.74, 6) is 0. The molecule has 3 nitrogen and oxygen atoms in total. The molecule has 0 saturated carbocycles. The van der Waals surface area contributed by atoms with Crippen LogP contribution >= 0.6 is 0 Å². The number of nitrogens with two attached hydrogens (primary N) is 1. The predicted octanol–water partition coefficient (Wildman–Crippen LogP) is 1.29. The van der Waals surface area contributed by atoms with Crippen molar-refractivity contribution in [1.82, 2.24) is 5.16 Å². The molecule has 0 amide bonds. The summed E-state index contributed by atoms with van der Waals surface area (Å²) in [6, 6.07) is 5.83. The molecule has 11 heavy (non-hydrogen) atoms. The third-order valence-electron chi connectivity index (χ3n) is 1.66. The van der Waals surface area contributed by atoms with Gasteiger partial charge in [0.05, 0.1) is 6.20 Å². The van der Waals surface area contributed by atoms with E-state index in [1.165, 1.54) is 0 Å². The van der Waals surface area contributed by atoms with Gasteiger partial charge in [0.1, 0.15) is 0 Å². The number of aromatic nitrogens is 1. The zero-order valence-electron chi connectivity index (χ0n) is 5.95. The number of nitrogens with zero attached hydrogens (tertiary/aromatic N) is 1. The van der Waals surface area contributed by atoms with Crippen molar-refractivity contribution in [3.8, 4) is 0 Å². The van der Waals surface area contributed by atoms with Crippen molar-refractivity contribution in [1.29, 1.82) is 0 Å². The van der Waals surface area contributed by atoms with Crippen LogP contribution in [-0.4, -0.2) is 5.16 Å². The summed E-state index contributed by atoms with van der Waals surface area (Å²) in [5, 5.41) is 4.68. The molecule has 0 aliphatic carbocycles. The molecule has 0 saturated heterocycles. The second kappa shape index (κ2) is 2.36. The number of rotatable bonds is 1. The lowest BCUT2D eigenvalue weighted by atomic mass is 10.2. The number of benzene rings is 1. The Kier molecular flexibility index (Phi) is 1.36. The van der Waals surface area contributed by atoms with Crippen LogP contribution in [0.3, 0.4) is 0 Å². The van der Waals surface area contributed by atoms with Gasteiger partial charge in [0.2, 0.25) is 0 Å². The van der Waals surface area contributed by atoms with Gasteiger partial charge in [0, 0.05) is 11.9 Å². The molecule has 2 aromatic rings.